The number of likely N-dealkylation sites (tertiary alicyclic amines) is 1. The fraction of sp³-hybridized carbons (Fsp3) is 0.429. The van der Waals surface area contributed by atoms with Crippen LogP contribution < -0.4 is 15.1 Å². The summed E-state index contributed by atoms with van der Waals surface area (Å²) in [7, 11) is -2.78. The van der Waals surface area contributed by atoms with E-state index in [4.69, 9.17) is 4.74 Å². The van der Waals surface area contributed by atoms with Crippen molar-refractivity contribution >= 4 is 32.9 Å². The largest absolute Gasteiger partial charge is 0.489 e. The summed E-state index contributed by atoms with van der Waals surface area (Å²) in [6.45, 7) is 26.1. The van der Waals surface area contributed by atoms with Crippen molar-refractivity contribution in [3.63, 3.8) is 0 Å². The van der Waals surface area contributed by atoms with Gasteiger partial charge in [0.2, 0.25) is 0 Å². The van der Waals surface area contributed by atoms with Gasteiger partial charge in [0.25, 0.3) is 0 Å². The molecule has 1 aliphatic heterocycles. The summed E-state index contributed by atoms with van der Waals surface area (Å²) in [6.07, 6.45) is 12.6. The molecule has 0 aromatic heterocycles. The van der Waals surface area contributed by atoms with Gasteiger partial charge in [0.1, 0.15) is 12.4 Å². The van der Waals surface area contributed by atoms with Crippen molar-refractivity contribution in [2.75, 3.05) is 19.7 Å². The number of fused-ring (bicyclic) bond motifs is 2. The molecule has 0 amide bonds. The van der Waals surface area contributed by atoms with Crippen LogP contribution in [0.15, 0.2) is 72.9 Å². The molecule has 4 heteroatoms. The highest BCUT2D eigenvalue weighted by Gasteiger charge is 2.44. The second kappa shape index (κ2) is 10.4. The number of nitrogens with zero attached hydrogens (tertiary/aromatic N) is 1. The summed E-state index contributed by atoms with van der Waals surface area (Å²) in [5, 5.41) is 3.00. The van der Waals surface area contributed by atoms with Crippen molar-refractivity contribution in [1.82, 2.24) is 4.90 Å². The highest BCUT2D eigenvalue weighted by Crippen LogP contribution is 2.46. The molecule has 1 heterocycles. The van der Waals surface area contributed by atoms with Gasteiger partial charge in [-0.2, -0.15) is 0 Å². The van der Waals surface area contributed by atoms with E-state index >= 15 is 0 Å². The topological polar surface area (TPSA) is 12.5 Å². The highest BCUT2D eigenvalue weighted by molar-refractivity contribution is 6.92. The molecule has 2 unspecified atom stereocenters. The maximum atomic E-state index is 6.70. The Hall–Kier alpha value is -2.57. The Bertz CT molecular complexity index is 1370. The van der Waals surface area contributed by atoms with E-state index in [-0.39, 0.29) is 5.41 Å². The van der Waals surface area contributed by atoms with E-state index in [9.17, 15) is 0 Å². The average Bonchev–Trinajstić information content (AvgIpc) is 3.48. The average molecular weight is 553 g/mol. The van der Waals surface area contributed by atoms with E-state index in [2.05, 4.69) is 120 Å². The van der Waals surface area contributed by atoms with Crippen molar-refractivity contribution in [2.24, 2.45) is 5.92 Å². The van der Waals surface area contributed by atoms with Crippen LogP contribution in [0.3, 0.4) is 0 Å². The Balaban J connectivity index is 1.66. The van der Waals surface area contributed by atoms with E-state index in [0.717, 1.165) is 18.8 Å². The first-order chi connectivity index (χ1) is 18.4. The number of ether oxygens (including phenoxy) is 1. The third kappa shape index (κ3) is 4.95. The predicted molar refractivity (Wildman–Crippen MR) is 174 cm³/mol. The maximum absolute atomic E-state index is 6.70. The fourth-order valence-electron chi connectivity index (χ4n) is 7.14. The summed E-state index contributed by atoms with van der Waals surface area (Å²) in [6, 6.07) is 11.7. The molecule has 39 heavy (non-hydrogen) atoms. The molecule has 1 fully saturated rings. The van der Waals surface area contributed by atoms with Gasteiger partial charge in [0.05, 0.1) is 16.9 Å². The molecular weight excluding hydrogens is 507 g/mol. The number of aryl methyl sites for hydroxylation is 1. The molecule has 2 aromatic rings. The molecule has 0 saturated carbocycles. The second-order valence-electron chi connectivity index (χ2n) is 13.5. The standard InChI is InChI=1S/C35H46NOSi2/c1-10-19-37-33-31(20-24(2)34(38(6)7)32(33)35(3,4)5)39(8,9)30-21-29(27-17-13-14-18-28(27)30)36-22-25-15-11-12-16-26(25)23-36/h10-15,17-18,20-21,26,30H,1,16,19,22-23H2,2-9H3. The molecule has 2 atom stereocenters. The summed E-state index contributed by atoms with van der Waals surface area (Å²) < 4.78 is 6.70. The van der Waals surface area contributed by atoms with Crippen LogP contribution >= 0.6 is 0 Å². The van der Waals surface area contributed by atoms with Crippen LogP contribution in [0.4, 0.5) is 0 Å². The summed E-state index contributed by atoms with van der Waals surface area (Å²) in [5.74, 6) is 1.81. The minimum Gasteiger partial charge on any atom is -0.489 e. The van der Waals surface area contributed by atoms with Crippen LogP contribution in [0.2, 0.25) is 26.2 Å². The van der Waals surface area contributed by atoms with Gasteiger partial charge in [-0.05, 0) is 40.6 Å². The zero-order valence-electron chi connectivity index (χ0n) is 25.3. The predicted octanol–water partition coefficient (Wildman–Crippen LogP) is 7.23. The van der Waals surface area contributed by atoms with Crippen LogP contribution in [0.1, 0.15) is 55.0 Å². The summed E-state index contributed by atoms with van der Waals surface area (Å²) in [5.41, 5.74) is 9.23. The zero-order chi connectivity index (χ0) is 28.1. The van der Waals surface area contributed by atoms with Crippen LogP contribution in [0, 0.1) is 12.8 Å². The van der Waals surface area contributed by atoms with Crippen LogP contribution in [0.5, 0.6) is 5.75 Å². The lowest BCUT2D eigenvalue weighted by Crippen LogP contribution is -2.50. The van der Waals surface area contributed by atoms with Crippen LogP contribution in [-0.4, -0.2) is 41.5 Å². The van der Waals surface area contributed by atoms with Gasteiger partial charge in [-0.25, -0.2) is 0 Å². The normalized spacial score (nSPS) is 20.6. The first-order valence-corrected chi connectivity index (χ1v) is 20.2. The third-order valence-electron chi connectivity index (χ3n) is 8.99. The summed E-state index contributed by atoms with van der Waals surface area (Å²) in [4.78, 5) is 2.65. The van der Waals surface area contributed by atoms with Crippen LogP contribution in [-0.2, 0) is 5.41 Å². The first kappa shape index (κ1) is 28.0. The third-order valence-corrected chi connectivity index (χ3v) is 14.4. The minimum absolute atomic E-state index is 0.00120. The molecule has 1 radical (unpaired) electrons. The van der Waals surface area contributed by atoms with E-state index in [1.807, 2.05) is 6.08 Å². The van der Waals surface area contributed by atoms with Gasteiger partial charge in [-0.15, -0.1) is 0 Å². The fourth-order valence-corrected chi connectivity index (χ4v) is 12.3. The number of allylic oxidation sites excluding steroid dienone is 4. The molecule has 2 aromatic carbocycles. The molecule has 2 aliphatic carbocycles. The molecule has 0 N–H and O–H groups in total. The van der Waals surface area contributed by atoms with Gasteiger partial charge < -0.3 is 9.64 Å². The molecule has 5 rings (SSSR count). The lowest BCUT2D eigenvalue weighted by Gasteiger charge is -2.37. The molecule has 0 bridgehead atoms. The molecule has 1 saturated heterocycles. The van der Waals surface area contributed by atoms with E-state index < -0.39 is 16.9 Å². The Morgan fingerprint density at radius 2 is 1.92 bits per heavy atom. The zero-order valence-corrected chi connectivity index (χ0v) is 27.3. The summed E-state index contributed by atoms with van der Waals surface area (Å²) >= 11 is 0. The maximum Gasteiger partial charge on any atom is 0.122 e. The first-order valence-electron chi connectivity index (χ1n) is 14.6. The number of hydrogen-bond donors (Lipinski definition) is 0. The highest BCUT2D eigenvalue weighted by atomic mass is 28.3. The van der Waals surface area contributed by atoms with Crippen molar-refractivity contribution in [1.29, 1.82) is 0 Å². The number of benzene rings is 2. The SMILES string of the molecule is C=CCOc1c([Si](C)(C)C2C=C(N3CC4=CC=CCC4C3)c3ccccc32)cc(C)c([Si](C)C)c1C(C)(C)C. The van der Waals surface area contributed by atoms with Crippen molar-refractivity contribution in [3.8, 4) is 5.75 Å². The monoisotopic (exact) mass is 552 g/mol. The van der Waals surface area contributed by atoms with Crippen molar-refractivity contribution in [2.45, 2.75) is 71.3 Å². The number of rotatable bonds is 7. The molecule has 205 valence electrons. The Morgan fingerprint density at radius 3 is 2.59 bits per heavy atom. The minimum atomic E-state index is -2.10. The molecule has 0 spiro atoms. The van der Waals surface area contributed by atoms with E-state index in [1.165, 1.54) is 39.6 Å². The Labute approximate surface area is 239 Å². The quantitative estimate of drug-likeness (QED) is 0.265. The van der Waals surface area contributed by atoms with Gasteiger partial charge >= 0.3 is 0 Å². The van der Waals surface area contributed by atoms with Crippen molar-refractivity contribution < 1.29 is 4.74 Å². The lowest BCUT2D eigenvalue weighted by molar-refractivity contribution is 0.354. The smallest absolute Gasteiger partial charge is 0.122 e. The Kier molecular flexibility index (Phi) is 7.49. The molecule has 2 nitrogen and oxygen atoms in total. The lowest BCUT2D eigenvalue weighted by atomic mass is 9.85. The number of hydrogen-bond acceptors (Lipinski definition) is 2. The van der Waals surface area contributed by atoms with E-state index in [1.54, 1.807) is 10.8 Å². The Morgan fingerprint density at radius 1 is 1.18 bits per heavy atom. The molecule has 3 aliphatic rings. The van der Waals surface area contributed by atoms with Gasteiger partial charge in [0.15, 0.2) is 0 Å². The van der Waals surface area contributed by atoms with Gasteiger partial charge in [-0.3, -0.25) is 0 Å². The van der Waals surface area contributed by atoms with Gasteiger partial charge in [-0.1, -0.05) is 125 Å². The van der Waals surface area contributed by atoms with Crippen molar-refractivity contribution in [3.05, 3.63) is 95.1 Å². The second-order valence-corrected chi connectivity index (χ2v) is 20.6. The van der Waals surface area contributed by atoms with Gasteiger partial charge in [0, 0.05) is 35.8 Å². The van der Waals surface area contributed by atoms with Crippen LogP contribution in [0.25, 0.3) is 5.70 Å². The molecular formula is C35H46NOSi2. The van der Waals surface area contributed by atoms with E-state index in [0.29, 0.717) is 18.1 Å².